The van der Waals surface area contributed by atoms with E-state index in [9.17, 15) is 9.59 Å². The van der Waals surface area contributed by atoms with Gasteiger partial charge in [0.2, 0.25) is 5.91 Å². The van der Waals surface area contributed by atoms with Gasteiger partial charge in [-0.2, -0.15) is 0 Å². The quantitative estimate of drug-likeness (QED) is 0.719. The summed E-state index contributed by atoms with van der Waals surface area (Å²) in [6, 6.07) is 0.243. The van der Waals surface area contributed by atoms with Crippen LogP contribution < -0.4 is 0 Å². The zero-order valence-electron chi connectivity index (χ0n) is 16.0. The summed E-state index contributed by atoms with van der Waals surface area (Å²) in [7, 11) is 2.10. The molecular weight excluding hydrogens is 314 g/mol. The lowest BCUT2D eigenvalue weighted by Gasteiger charge is -2.42. The normalized spacial score (nSPS) is 25.9. The Morgan fingerprint density at radius 2 is 2.00 bits per heavy atom. The third kappa shape index (κ3) is 4.40. The summed E-state index contributed by atoms with van der Waals surface area (Å²) in [6.07, 6.45) is 8.76. The minimum absolute atomic E-state index is 0.0254. The Labute approximate surface area is 151 Å². The number of likely N-dealkylation sites (N-methyl/N-ethyl adjacent to an activating group) is 1. The summed E-state index contributed by atoms with van der Waals surface area (Å²) < 4.78 is 0. The number of amides is 1. The SMILES string of the molecule is C=C1C(C)N(C(=O)/C=C/C2CCCN2C)CCN1/C(=C\CC)C(C)=O. The first-order chi connectivity index (χ1) is 11.9. The van der Waals surface area contributed by atoms with Crippen molar-refractivity contribution in [1.82, 2.24) is 14.7 Å². The van der Waals surface area contributed by atoms with Crippen molar-refractivity contribution >= 4 is 11.7 Å². The summed E-state index contributed by atoms with van der Waals surface area (Å²) in [6.45, 7) is 12.0. The maximum atomic E-state index is 12.6. The first kappa shape index (κ1) is 19.4. The van der Waals surface area contributed by atoms with Crippen LogP contribution in [0, 0.1) is 0 Å². The molecule has 5 heteroatoms. The van der Waals surface area contributed by atoms with Crippen molar-refractivity contribution in [3.05, 3.63) is 36.2 Å². The van der Waals surface area contributed by atoms with Gasteiger partial charge in [0.05, 0.1) is 11.7 Å². The zero-order chi connectivity index (χ0) is 18.6. The second-order valence-electron chi connectivity index (χ2n) is 6.95. The van der Waals surface area contributed by atoms with Crippen LogP contribution >= 0.6 is 0 Å². The molecule has 0 bridgehead atoms. The van der Waals surface area contributed by atoms with Gasteiger partial charge in [0, 0.05) is 37.8 Å². The predicted octanol–water partition coefficient (Wildman–Crippen LogP) is 2.57. The first-order valence-electron chi connectivity index (χ1n) is 9.23. The second-order valence-corrected chi connectivity index (χ2v) is 6.95. The molecule has 0 aromatic heterocycles. The molecule has 1 amide bonds. The van der Waals surface area contributed by atoms with E-state index in [0.717, 1.165) is 25.1 Å². The van der Waals surface area contributed by atoms with E-state index in [1.807, 2.05) is 35.8 Å². The third-order valence-electron chi connectivity index (χ3n) is 5.23. The van der Waals surface area contributed by atoms with Gasteiger partial charge in [0.1, 0.15) is 0 Å². The number of hydrogen-bond acceptors (Lipinski definition) is 4. The fourth-order valence-corrected chi connectivity index (χ4v) is 3.63. The molecule has 2 rings (SSSR count). The molecule has 2 aliphatic rings. The molecule has 0 aliphatic carbocycles. The van der Waals surface area contributed by atoms with Crippen molar-refractivity contribution in [2.24, 2.45) is 0 Å². The molecule has 2 unspecified atom stereocenters. The van der Waals surface area contributed by atoms with Crippen molar-refractivity contribution in [2.75, 3.05) is 26.7 Å². The molecule has 0 spiro atoms. The van der Waals surface area contributed by atoms with Gasteiger partial charge in [0.25, 0.3) is 0 Å². The number of Topliss-reactive ketones (excluding diaryl/α,β-unsaturated/α-hetero) is 1. The maximum absolute atomic E-state index is 12.6. The maximum Gasteiger partial charge on any atom is 0.246 e. The largest absolute Gasteiger partial charge is 0.339 e. The lowest BCUT2D eigenvalue weighted by atomic mass is 10.1. The molecule has 25 heavy (non-hydrogen) atoms. The first-order valence-corrected chi connectivity index (χ1v) is 9.23. The summed E-state index contributed by atoms with van der Waals surface area (Å²) in [5.41, 5.74) is 1.50. The van der Waals surface area contributed by atoms with Crippen molar-refractivity contribution in [2.45, 2.75) is 52.1 Å². The van der Waals surface area contributed by atoms with E-state index in [0.29, 0.717) is 24.8 Å². The summed E-state index contributed by atoms with van der Waals surface area (Å²) >= 11 is 0. The van der Waals surface area contributed by atoms with E-state index in [4.69, 9.17) is 0 Å². The Balaban J connectivity index is 2.05. The summed E-state index contributed by atoms with van der Waals surface area (Å²) in [4.78, 5) is 30.7. The Hall–Kier alpha value is -1.88. The highest BCUT2D eigenvalue weighted by molar-refractivity contribution is 5.93. The van der Waals surface area contributed by atoms with E-state index in [1.54, 1.807) is 13.0 Å². The molecule has 0 aromatic rings. The van der Waals surface area contributed by atoms with Crippen LogP contribution in [0.25, 0.3) is 0 Å². The number of ketones is 1. The minimum Gasteiger partial charge on any atom is -0.339 e. The zero-order valence-corrected chi connectivity index (χ0v) is 16.0. The highest BCUT2D eigenvalue weighted by Crippen LogP contribution is 2.25. The van der Waals surface area contributed by atoms with Gasteiger partial charge in [-0.25, -0.2) is 0 Å². The van der Waals surface area contributed by atoms with E-state index < -0.39 is 0 Å². The summed E-state index contributed by atoms with van der Waals surface area (Å²) in [5.74, 6) is 0.0663. The van der Waals surface area contributed by atoms with Crippen molar-refractivity contribution in [1.29, 1.82) is 0 Å². The fraction of sp³-hybridized carbons (Fsp3) is 0.600. The van der Waals surface area contributed by atoms with Crippen molar-refractivity contribution in [3.63, 3.8) is 0 Å². The summed E-state index contributed by atoms with van der Waals surface area (Å²) in [5, 5.41) is 0. The van der Waals surface area contributed by atoms with Gasteiger partial charge in [-0.15, -0.1) is 0 Å². The molecule has 5 nitrogen and oxygen atoms in total. The van der Waals surface area contributed by atoms with Crippen LogP contribution in [0.1, 0.15) is 40.0 Å². The predicted molar refractivity (Wildman–Crippen MR) is 101 cm³/mol. The van der Waals surface area contributed by atoms with E-state index in [1.165, 1.54) is 6.42 Å². The number of likely N-dealkylation sites (tertiary alicyclic amines) is 1. The molecule has 0 N–H and O–H groups in total. The molecular formula is C20H31N3O2. The van der Waals surface area contributed by atoms with Crippen molar-refractivity contribution in [3.8, 4) is 0 Å². The van der Waals surface area contributed by atoms with Crippen LogP contribution in [0.5, 0.6) is 0 Å². The topological polar surface area (TPSA) is 43.9 Å². The van der Waals surface area contributed by atoms with Gasteiger partial charge in [0.15, 0.2) is 5.78 Å². The van der Waals surface area contributed by atoms with Crippen LogP contribution in [-0.2, 0) is 9.59 Å². The minimum atomic E-state index is -0.119. The molecule has 0 saturated carbocycles. The van der Waals surface area contributed by atoms with Crippen molar-refractivity contribution < 1.29 is 9.59 Å². The van der Waals surface area contributed by atoms with Gasteiger partial charge in [-0.05, 0) is 39.8 Å². The Bertz CT molecular complexity index is 594. The van der Waals surface area contributed by atoms with E-state index in [2.05, 4.69) is 18.5 Å². The Morgan fingerprint density at radius 1 is 1.28 bits per heavy atom. The molecule has 2 saturated heterocycles. The highest BCUT2D eigenvalue weighted by atomic mass is 16.2. The average Bonchev–Trinajstić information content (AvgIpc) is 2.98. The molecule has 2 heterocycles. The van der Waals surface area contributed by atoms with E-state index in [-0.39, 0.29) is 17.7 Å². The van der Waals surface area contributed by atoms with Gasteiger partial charge >= 0.3 is 0 Å². The number of rotatable bonds is 5. The number of allylic oxidation sites excluding steroid dienone is 2. The fourth-order valence-electron chi connectivity index (χ4n) is 3.63. The second kappa shape index (κ2) is 8.48. The average molecular weight is 345 g/mol. The monoisotopic (exact) mass is 345 g/mol. The third-order valence-corrected chi connectivity index (χ3v) is 5.23. The van der Waals surface area contributed by atoms with Crippen LogP contribution in [0.15, 0.2) is 36.2 Å². The van der Waals surface area contributed by atoms with Gasteiger partial charge in [-0.3, -0.25) is 14.5 Å². The van der Waals surface area contributed by atoms with Crippen LogP contribution in [0.3, 0.4) is 0 Å². The number of carbonyl (C=O) groups excluding carboxylic acids is 2. The van der Waals surface area contributed by atoms with E-state index >= 15 is 0 Å². The van der Waals surface area contributed by atoms with Crippen LogP contribution in [-0.4, -0.2) is 65.2 Å². The number of piperazine rings is 1. The number of hydrogen-bond donors (Lipinski definition) is 0. The lowest BCUT2D eigenvalue weighted by Crippen LogP contribution is -2.52. The molecule has 0 radical (unpaired) electrons. The van der Waals surface area contributed by atoms with Gasteiger partial charge < -0.3 is 9.80 Å². The molecule has 0 aromatic carbocycles. The Kier molecular flexibility index (Phi) is 6.59. The van der Waals surface area contributed by atoms with Crippen LogP contribution in [0.4, 0.5) is 0 Å². The molecule has 2 atom stereocenters. The standard InChI is InChI=1S/C20H31N3O2/c1-6-8-19(17(4)24)22-13-14-23(16(3)15(22)2)20(25)11-10-18-9-7-12-21(18)5/h8,10-11,16,18H,2,6-7,9,12-14H2,1,3-5H3/b11-10+,19-8-. The molecule has 138 valence electrons. The Morgan fingerprint density at radius 3 is 2.56 bits per heavy atom. The lowest BCUT2D eigenvalue weighted by molar-refractivity contribution is -0.128. The van der Waals surface area contributed by atoms with Crippen LogP contribution in [0.2, 0.25) is 0 Å². The highest BCUT2D eigenvalue weighted by Gasteiger charge is 2.31. The molecule has 2 aliphatic heterocycles. The molecule has 2 fully saturated rings. The number of carbonyl (C=O) groups is 2. The number of nitrogens with zero attached hydrogens (tertiary/aromatic N) is 3. The smallest absolute Gasteiger partial charge is 0.246 e. The van der Waals surface area contributed by atoms with Gasteiger partial charge in [-0.1, -0.05) is 25.7 Å².